The smallest absolute Gasteiger partial charge is 0.329 e. The van der Waals surface area contributed by atoms with Gasteiger partial charge in [0.15, 0.2) is 0 Å². The summed E-state index contributed by atoms with van der Waals surface area (Å²) in [6.45, 7) is 1.06. The first kappa shape index (κ1) is 16.0. The van der Waals surface area contributed by atoms with Crippen LogP contribution in [0.2, 0.25) is 0 Å². The van der Waals surface area contributed by atoms with E-state index in [1.165, 1.54) is 11.6 Å². The molecule has 4 rings (SSSR count). The number of carbonyl (C=O) groups is 1. The van der Waals surface area contributed by atoms with Crippen molar-refractivity contribution < 1.29 is 9.53 Å². The van der Waals surface area contributed by atoms with E-state index in [-0.39, 0.29) is 34.8 Å². The molecule has 1 amide bonds. The van der Waals surface area contributed by atoms with Gasteiger partial charge in [-0.1, -0.05) is 12.8 Å². The monoisotopic (exact) mass is 344 g/mol. The summed E-state index contributed by atoms with van der Waals surface area (Å²) in [4.78, 5) is 45.1. The molecule has 1 N–H and O–H groups in total. The Morgan fingerprint density at radius 3 is 2.92 bits per heavy atom. The number of aromatic amines is 1. The van der Waals surface area contributed by atoms with Crippen LogP contribution in [0, 0.1) is 0 Å². The summed E-state index contributed by atoms with van der Waals surface area (Å²) in [6.07, 6.45) is 4.22. The third-order valence-electron chi connectivity index (χ3n) is 5.17. The number of H-pyrrole nitrogens is 1. The summed E-state index contributed by atoms with van der Waals surface area (Å²) in [5.74, 6) is -0.171. The number of hydrogen-bond acceptors (Lipinski definition) is 5. The topological polar surface area (TPSA) is 97.3 Å². The first-order valence-corrected chi connectivity index (χ1v) is 8.59. The molecule has 0 bridgehead atoms. The van der Waals surface area contributed by atoms with Crippen molar-refractivity contribution >= 4 is 16.9 Å². The summed E-state index contributed by atoms with van der Waals surface area (Å²) >= 11 is 0. The number of carbonyl (C=O) groups excluding carboxylic acids is 1. The van der Waals surface area contributed by atoms with Crippen LogP contribution in [0.25, 0.3) is 11.0 Å². The Hall–Kier alpha value is -2.48. The Morgan fingerprint density at radius 2 is 2.08 bits per heavy atom. The molecule has 0 unspecified atom stereocenters. The molecule has 2 aliphatic rings. The van der Waals surface area contributed by atoms with Gasteiger partial charge in [0.1, 0.15) is 11.3 Å². The van der Waals surface area contributed by atoms with Crippen molar-refractivity contribution in [3.8, 4) is 0 Å². The maximum atomic E-state index is 13.0. The van der Waals surface area contributed by atoms with Crippen molar-refractivity contribution in [2.75, 3.05) is 13.2 Å². The van der Waals surface area contributed by atoms with E-state index in [9.17, 15) is 14.4 Å². The second-order valence-corrected chi connectivity index (χ2v) is 6.65. The predicted molar refractivity (Wildman–Crippen MR) is 90.6 cm³/mol. The Morgan fingerprint density at radius 1 is 1.28 bits per heavy atom. The molecule has 1 aliphatic carbocycles. The van der Waals surface area contributed by atoms with Crippen molar-refractivity contribution in [2.45, 2.75) is 37.8 Å². The summed E-state index contributed by atoms with van der Waals surface area (Å²) in [5.41, 5.74) is -0.580. The van der Waals surface area contributed by atoms with Gasteiger partial charge in [-0.3, -0.25) is 19.1 Å². The van der Waals surface area contributed by atoms with E-state index >= 15 is 0 Å². The van der Waals surface area contributed by atoms with E-state index in [1.807, 2.05) is 4.90 Å². The minimum Gasteiger partial charge on any atom is -0.374 e. The number of ether oxygens (including phenoxy) is 1. The molecule has 2 atom stereocenters. The average Bonchev–Trinajstić information content (AvgIpc) is 2.65. The number of fused-ring (bicyclic) bond motifs is 2. The molecule has 0 radical (unpaired) electrons. The Balaban J connectivity index is 1.73. The van der Waals surface area contributed by atoms with Gasteiger partial charge in [0.2, 0.25) is 0 Å². The van der Waals surface area contributed by atoms with Gasteiger partial charge in [-0.2, -0.15) is 0 Å². The zero-order chi connectivity index (χ0) is 17.6. The number of rotatable bonds is 1. The van der Waals surface area contributed by atoms with Crippen molar-refractivity contribution in [1.29, 1.82) is 0 Å². The van der Waals surface area contributed by atoms with Crippen LogP contribution in [0.3, 0.4) is 0 Å². The third-order valence-corrected chi connectivity index (χ3v) is 5.17. The largest absolute Gasteiger partial charge is 0.374 e. The number of morpholine rings is 1. The van der Waals surface area contributed by atoms with Crippen molar-refractivity contribution in [3.63, 3.8) is 0 Å². The standard InChI is InChI=1S/C17H20N4O4/c1-20-14-10(15(22)19-17(20)24)6-7-11(18-14)16(23)21-8-9-25-13-5-3-2-4-12(13)21/h6-7,12-13H,2-5,8-9H2,1H3,(H,19,22,24)/t12-,13+/m0/s1. The Bertz CT molecular complexity index is 946. The SMILES string of the molecule is Cn1c(=O)[nH]c(=O)c2ccc(C(=O)N3CCO[C@@H]4CCCC[C@@H]43)nc21. The number of aromatic nitrogens is 3. The molecule has 8 heteroatoms. The quantitative estimate of drug-likeness (QED) is 0.808. The molecule has 2 fully saturated rings. The maximum absolute atomic E-state index is 13.0. The molecule has 1 saturated heterocycles. The van der Waals surface area contributed by atoms with Gasteiger partial charge in [0.05, 0.1) is 24.1 Å². The zero-order valence-corrected chi connectivity index (χ0v) is 14.0. The van der Waals surface area contributed by atoms with Gasteiger partial charge in [-0.25, -0.2) is 9.78 Å². The van der Waals surface area contributed by atoms with Gasteiger partial charge in [-0.15, -0.1) is 0 Å². The molecule has 8 nitrogen and oxygen atoms in total. The second-order valence-electron chi connectivity index (χ2n) is 6.65. The van der Waals surface area contributed by atoms with Crippen LogP contribution in [0.1, 0.15) is 36.2 Å². The lowest BCUT2D eigenvalue weighted by molar-refractivity contribution is -0.0754. The molecule has 2 aromatic heterocycles. The number of pyridine rings is 1. The molecular formula is C17H20N4O4. The molecule has 132 valence electrons. The summed E-state index contributed by atoms with van der Waals surface area (Å²) in [5, 5.41) is 0.288. The second kappa shape index (κ2) is 6.11. The fraction of sp³-hybridized carbons (Fsp3) is 0.529. The van der Waals surface area contributed by atoms with Gasteiger partial charge in [0.25, 0.3) is 11.5 Å². The number of nitrogens with zero attached hydrogens (tertiary/aromatic N) is 3. The molecule has 0 aromatic carbocycles. The minimum absolute atomic E-state index is 0.0792. The van der Waals surface area contributed by atoms with Crippen LogP contribution >= 0.6 is 0 Å². The first-order chi connectivity index (χ1) is 12.1. The van der Waals surface area contributed by atoms with Gasteiger partial charge < -0.3 is 9.64 Å². The zero-order valence-electron chi connectivity index (χ0n) is 14.0. The highest BCUT2D eigenvalue weighted by atomic mass is 16.5. The number of aryl methyl sites for hydroxylation is 1. The minimum atomic E-state index is -0.548. The van der Waals surface area contributed by atoms with Crippen LogP contribution in [0.15, 0.2) is 21.7 Å². The van der Waals surface area contributed by atoms with Crippen LogP contribution in [0.5, 0.6) is 0 Å². The maximum Gasteiger partial charge on any atom is 0.329 e. The van der Waals surface area contributed by atoms with E-state index < -0.39 is 11.2 Å². The van der Waals surface area contributed by atoms with Crippen LogP contribution in [-0.4, -0.2) is 50.6 Å². The van der Waals surface area contributed by atoms with E-state index in [4.69, 9.17) is 4.74 Å². The normalized spacial score (nSPS) is 23.5. The molecule has 1 aliphatic heterocycles. The average molecular weight is 344 g/mol. The molecule has 25 heavy (non-hydrogen) atoms. The number of hydrogen-bond donors (Lipinski definition) is 1. The fourth-order valence-electron chi connectivity index (χ4n) is 3.84. The van der Waals surface area contributed by atoms with Gasteiger partial charge >= 0.3 is 5.69 Å². The lowest BCUT2D eigenvalue weighted by atomic mass is 9.90. The van der Waals surface area contributed by atoms with Crippen LogP contribution < -0.4 is 11.2 Å². The summed E-state index contributed by atoms with van der Waals surface area (Å²) in [6, 6.07) is 3.18. The van der Waals surface area contributed by atoms with E-state index in [0.29, 0.717) is 13.2 Å². The highest BCUT2D eigenvalue weighted by molar-refractivity contribution is 5.94. The fourth-order valence-corrected chi connectivity index (χ4v) is 3.84. The molecule has 1 saturated carbocycles. The summed E-state index contributed by atoms with van der Waals surface area (Å²) in [7, 11) is 1.52. The Kier molecular flexibility index (Phi) is 3.91. The molecule has 0 spiro atoms. The lowest BCUT2D eigenvalue weighted by Gasteiger charge is -2.43. The summed E-state index contributed by atoms with van der Waals surface area (Å²) < 4.78 is 7.06. The Labute approximate surface area is 143 Å². The van der Waals surface area contributed by atoms with Crippen molar-refractivity contribution in [1.82, 2.24) is 19.4 Å². The van der Waals surface area contributed by atoms with E-state index in [0.717, 1.165) is 25.7 Å². The number of nitrogens with one attached hydrogen (secondary N) is 1. The van der Waals surface area contributed by atoms with Gasteiger partial charge in [0, 0.05) is 13.6 Å². The van der Waals surface area contributed by atoms with Crippen molar-refractivity contribution in [3.05, 3.63) is 38.7 Å². The first-order valence-electron chi connectivity index (χ1n) is 8.59. The number of amides is 1. The highest BCUT2D eigenvalue weighted by Gasteiger charge is 2.37. The van der Waals surface area contributed by atoms with Crippen LogP contribution in [-0.2, 0) is 11.8 Å². The third kappa shape index (κ3) is 2.66. The van der Waals surface area contributed by atoms with Crippen LogP contribution in [0.4, 0.5) is 0 Å². The lowest BCUT2D eigenvalue weighted by Crippen LogP contribution is -2.55. The van der Waals surface area contributed by atoms with Gasteiger partial charge in [-0.05, 0) is 25.0 Å². The predicted octanol–water partition coefficient (Wildman–Crippen LogP) is 0.405. The molecular weight excluding hydrogens is 324 g/mol. The molecule has 2 aromatic rings. The van der Waals surface area contributed by atoms with E-state index in [1.54, 1.807) is 12.1 Å². The van der Waals surface area contributed by atoms with E-state index in [2.05, 4.69) is 9.97 Å². The van der Waals surface area contributed by atoms with Crippen molar-refractivity contribution in [2.24, 2.45) is 7.05 Å². The molecule has 3 heterocycles. The highest BCUT2D eigenvalue weighted by Crippen LogP contribution is 2.29.